The van der Waals surface area contributed by atoms with E-state index in [-0.39, 0.29) is 12.5 Å². The minimum Gasteiger partial charge on any atom is -0.396 e. The topological polar surface area (TPSA) is 94.0 Å². The van der Waals surface area contributed by atoms with E-state index in [2.05, 4.69) is 36.7 Å². The SMILES string of the molecule is Cc1cccc(/C=N/NC(=O)c2cc(Br)ccc2NC(=O)c2ccc(CN3CCC(CCO)CC3)cc2)c1. The summed E-state index contributed by atoms with van der Waals surface area (Å²) in [5.41, 5.74) is 6.89. The summed E-state index contributed by atoms with van der Waals surface area (Å²) in [6.07, 6.45) is 4.70. The van der Waals surface area contributed by atoms with Gasteiger partial charge in [-0.25, -0.2) is 5.43 Å². The molecule has 2 amide bonds. The zero-order chi connectivity index (χ0) is 26.9. The molecular weight excluding hydrogens is 544 g/mol. The largest absolute Gasteiger partial charge is 0.396 e. The van der Waals surface area contributed by atoms with Crippen LogP contribution in [0, 0.1) is 12.8 Å². The van der Waals surface area contributed by atoms with E-state index in [1.807, 2.05) is 55.5 Å². The maximum absolute atomic E-state index is 13.0. The van der Waals surface area contributed by atoms with E-state index in [9.17, 15) is 9.59 Å². The summed E-state index contributed by atoms with van der Waals surface area (Å²) in [7, 11) is 0. The van der Waals surface area contributed by atoms with Gasteiger partial charge in [-0.2, -0.15) is 5.10 Å². The van der Waals surface area contributed by atoms with Gasteiger partial charge in [0, 0.05) is 23.2 Å². The monoisotopic (exact) mass is 576 g/mol. The summed E-state index contributed by atoms with van der Waals surface area (Å²) in [5.74, 6) is -0.0996. The summed E-state index contributed by atoms with van der Waals surface area (Å²) in [6, 6.07) is 20.5. The first-order valence-electron chi connectivity index (χ1n) is 12.8. The maximum atomic E-state index is 13.0. The summed E-state index contributed by atoms with van der Waals surface area (Å²) >= 11 is 3.40. The molecule has 0 aliphatic carbocycles. The lowest BCUT2D eigenvalue weighted by atomic mass is 9.93. The lowest BCUT2D eigenvalue weighted by molar-refractivity contribution is 0.0956. The molecule has 1 aliphatic rings. The van der Waals surface area contributed by atoms with Gasteiger partial charge in [0.05, 0.1) is 17.5 Å². The average molecular weight is 578 g/mol. The van der Waals surface area contributed by atoms with Crippen molar-refractivity contribution in [2.24, 2.45) is 11.0 Å². The molecule has 0 bridgehead atoms. The molecule has 1 heterocycles. The zero-order valence-electron chi connectivity index (χ0n) is 21.5. The fraction of sp³-hybridized carbons (Fsp3) is 0.300. The lowest BCUT2D eigenvalue weighted by Crippen LogP contribution is -2.33. The lowest BCUT2D eigenvalue weighted by Gasteiger charge is -2.31. The molecular formula is C30H33BrN4O3. The normalized spacial score (nSPS) is 14.5. The Bertz CT molecular complexity index is 1280. The van der Waals surface area contributed by atoms with Crippen LogP contribution in [0.2, 0.25) is 0 Å². The van der Waals surface area contributed by atoms with Crippen molar-refractivity contribution in [3.05, 3.63) is 99.0 Å². The predicted molar refractivity (Wildman–Crippen MR) is 154 cm³/mol. The molecule has 1 saturated heterocycles. The van der Waals surface area contributed by atoms with Crippen molar-refractivity contribution >= 4 is 39.6 Å². The van der Waals surface area contributed by atoms with Gasteiger partial charge in [0.15, 0.2) is 0 Å². The van der Waals surface area contributed by atoms with Crippen LogP contribution in [0.1, 0.15) is 56.7 Å². The van der Waals surface area contributed by atoms with Crippen LogP contribution in [0.3, 0.4) is 0 Å². The number of amides is 2. The maximum Gasteiger partial charge on any atom is 0.273 e. The van der Waals surface area contributed by atoms with Gasteiger partial charge in [0.25, 0.3) is 11.8 Å². The summed E-state index contributed by atoms with van der Waals surface area (Å²) in [6.45, 7) is 5.15. The third-order valence-electron chi connectivity index (χ3n) is 6.76. The Balaban J connectivity index is 1.36. The molecule has 1 fully saturated rings. The van der Waals surface area contributed by atoms with Crippen molar-refractivity contribution in [1.29, 1.82) is 0 Å². The Morgan fingerprint density at radius 1 is 1.05 bits per heavy atom. The number of benzene rings is 3. The van der Waals surface area contributed by atoms with Gasteiger partial charge in [-0.05, 0) is 86.7 Å². The third kappa shape index (κ3) is 7.84. The molecule has 4 rings (SSSR count). The number of anilines is 1. The van der Waals surface area contributed by atoms with Crippen molar-refractivity contribution < 1.29 is 14.7 Å². The van der Waals surface area contributed by atoms with E-state index in [0.717, 1.165) is 55.6 Å². The average Bonchev–Trinajstić information content (AvgIpc) is 2.91. The van der Waals surface area contributed by atoms with Crippen molar-refractivity contribution in [3.8, 4) is 0 Å². The number of piperidine rings is 1. The fourth-order valence-electron chi connectivity index (χ4n) is 4.62. The molecule has 3 aromatic rings. The molecule has 0 unspecified atom stereocenters. The number of halogens is 1. The third-order valence-corrected chi connectivity index (χ3v) is 7.26. The van der Waals surface area contributed by atoms with Crippen molar-refractivity contribution in [2.45, 2.75) is 32.7 Å². The molecule has 38 heavy (non-hydrogen) atoms. The molecule has 1 aliphatic heterocycles. The van der Waals surface area contributed by atoms with Gasteiger partial charge in [0.1, 0.15) is 0 Å². The number of hydrogen-bond acceptors (Lipinski definition) is 5. The van der Waals surface area contributed by atoms with Gasteiger partial charge >= 0.3 is 0 Å². The Labute approximate surface area is 232 Å². The number of hydrogen-bond donors (Lipinski definition) is 3. The zero-order valence-corrected chi connectivity index (χ0v) is 23.1. The van der Waals surface area contributed by atoms with Gasteiger partial charge in [-0.15, -0.1) is 0 Å². The number of aliphatic hydroxyl groups excluding tert-OH is 1. The smallest absolute Gasteiger partial charge is 0.273 e. The van der Waals surface area contributed by atoms with Crippen LogP contribution in [0.4, 0.5) is 5.69 Å². The van der Waals surface area contributed by atoms with Crippen molar-refractivity contribution in [2.75, 3.05) is 25.0 Å². The summed E-state index contributed by atoms with van der Waals surface area (Å²) in [5, 5.41) is 16.1. The van der Waals surface area contributed by atoms with E-state index in [1.165, 1.54) is 0 Å². The number of nitrogens with one attached hydrogen (secondary N) is 2. The molecule has 198 valence electrons. The van der Waals surface area contributed by atoms with E-state index in [4.69, 9.17) is 5.11 Å². The Kier molecular flexibility index (Phi) is 9.81. The Morgan fingerprint density at radius 2 is 1.82 bits per heavy atom. The van der Waals surface area contributed by atoms with Crippen LogP contribution in [0.25, 0.3) is 0 Å². The highest BCUT2D eigenvalue weighted by molar-refractivity contribution is 9.10. The number of carbonyl (C=O) groups excluding carboxylic acids is 2. The molecule has 7 nitrogen and oxygen atoms in total. The van der Waals surface area contributed by atoms with E-state index < -0.39 is 5.91 Å². The number of nitrogens with zero attached hydrogens (tertiary/aromatic N) is 2. The van der Waals surface area contributed by atoms with Crippen LogP contribution in [0.5, 0.6) is 0 Å². The summed E-state index contributed by atoms with van der Waals surface area (Å²) in [4.78, 5) is 28.3. The van der Waals surface area contributed by atoms with Crippen molar-refractivity contribution in [1.82, 2.24) is 10.3 Å². The van der Waals surface area contributed by atoms with Gasteiger partial charge in [0.2, 0.25) is 0 Å². The number of hydrazone groups is 1. The second-order valence-corrected chi connectivity index (χ2v) is 10.6. The standard InChI is InChI=1S/C30H33BrN4O3/c1-21-3-2-4-24(17-21)19-32-34-30(38)27-18-26(31)9-10-28(27)33-29(37)25-7-5-23(6-8-25)20-35-14-11-22(12-15-35)13-16-36/h2-10,17-19,22,36H,11-16,20H2,1H3,(H,33,37)(H,34,38)/b32-19+. The number of aryl methyl sites for hydroxylation is 1. The molecule has 0 spiro atoms. The quantitative estimate of drug-likeness (QED) is 0.236. The molecule has 0 saturated carbocycles. The Morgan fingerprint density at radius 3 is 2.53 bits per heavy atom. The van der Waals surface area contributed by atoms with Crippen LogP contribution < -0.4 is 10.7 Å². The predicted octanol–water partition coefficient (Wildman–Crippen LogP) is 5.37. The highest BCUT2D eigenvalue weighted by Crippen LogP contribution is 2.23. The van der Waals surface area contributed by atoms with Gasteiger partial charge in [-0.1, -0.05) is 57.9 Å². The van der Waals surface area contributed by atoms with Crippen molar-refractivity contribution in [3.63, 3.8) is 0 Å². The summed E-state index contributed by atoms with van der Waals surface area (Å²) < 4.78 is 0.716. The molecule has 3 aromatic carbocycles. The first-order valence-corrected chi connectivity index (χ1v) is 13.6. The highest BCUT2D eigenvalue weighted by atomic mass is 79.9. The van der Waals surface area contributed by atoms with Crippen LogP contribution in [-0.2, 0) is 6.54 Å². The number of carbonyl (C=O) groups is 2. The number of likely N-dealkylation sites (tertiary alicyclic amines) is 1. The molecule has 3 N–H and O–H groups in total. The van der Waals surface area contributed by atoms with E-state index >= 15 is 0 Å². The highest BCUT2D eigenvalue weighted by Gasteiger charge is 2.19. The number of rotatable bonds is 9. The number of aliphatic hydroxyl groups is 1. The van der Waals surface area contributed by atoms with Crippen LogP contribution in [-0.4, -0.2) is 47.7 Å². The Hall–Kier alpha value is -3.33. The first-order chi connectivity index (χ1) is 18.4. The minimum absolute atomic E-state index is 0.266. The van der Waals surface area contributed by atoms with Crippen LogP contribution >= 0.6 is 15.9 Å². The molecule has 8 heteroatoms. The fourth-order valence-corrected chi connectivity index (χ4v) is 4.98. The first kappa shape index (κ1) is 27.7. The van der Waals surface area contributed by atoms with Crippen LogP contribution in [0.15, 0.2) is 76.3 Å². The molecule has 0 radical (unpaired) electrons. The molecule has 0 atom stereocenters. The van der Waals surface area contributed by atoms with Gasteiger partial charge < -0.3 is 10.4 Å². The second kappa shape index (κ2) is 13.5. The van der Waals surface area contributed by atoms with Gasteiger partial charge in [-0.3, -0.25) is 14.5 Å². The second-order valence-electron chi connectivity index (χ2n) is 9.69. The minimum atomic E-state index is -0.427. The van der Waals surface area contributed by atoms with E-state index in [1.54, 1.807) is 24.4 Å². The van der Waals surface area contributed by atoms with E-state index in [0.29, 0.717) is 27.2 Å². The molecule has 0 aromatic heterocycles.